The van der Waals surface area contributed by atoms with Gasteiger partial charge in [-0.05, 0) is 34.7 Å². The highest BCUT2D eigenvalue weighted by molar-refractivity contribution is 14.1. The van der Waals surface area contributed by atoms with Crippen LogP contribution in [0.15, 0.2) is 12.1 Å². The number of carboxylic acid groups (broad SMARTS) is 1. The summed E-state index contributed by atoms with van der Waals surface area (Å²) in [5, 5.41) is 17.6. The molecule has 0 amide bonds. The molecular weight excluding hydrogens is 278 g/mol. The Labute approximate surface area is 81.0 Å². The van der Waals surface area contributed by atoms with E-state index in [1.54, 1.807) is 22.6 Å². The lowest BCUT2D eigenvalue weighted by Crippen LogP contribution is -1.98. The second-order valence-corrected chi connectivity index (χ2v) is 3.25. The Kier molecular flexibility index (Phi) is 2.51. The van der Waals surface area contributed by atoms with Crippen LogP contribution in [0.4, 0.5) is 4.39 Å². The van der Waals surface area contributed by atoms with Crippen molar-refractivity contribution in [3.05, 3.63) is 27.1 Å². The average molecular weight is 282 g/mol. The molecule has 64 valence electrons. The van der Waals surface area contributed by atoms with Gasteiger partial charge < -0.3 is 10.2 Å². The lowest BCUT2D eigenvalue weighted by Gasteiger charge is -2.01. The summed E-state index contributed by atoms with van der Waals surface area (Å²) >= 11 is 1.66. The van der Waals surface area contributed by atoms with Crippen LogP contribution in [0, 0.1) is 9.39 Å². The zero-order valence-electron chi connectivity index (χ0n) is 5.71. The standard InChI is InChI=1S/C7H4FIO3/c8-3-1-4(7(11)12)6(10)5(9)2-3/h1-2,10H,(H,11,12). The van der Waals surface area contributed by atoms with Gasteiger partial charge in [0.25, 0.3) is 0 Å². The molecule has 0 spiro atoms. The van der Waals surface area contributed by atoms with E-state index in [9.17, 15) is 9.18 Å². The topological polar surface area (TPSA) is 57.5 Å². The molecule has 0 heterocycles. The summed E-state index contributed by atoms with van der Waals surface area (Å²) in [6, 6.07) is 1.84. The predicted molar refractivity (Wildman–Crippen MR) is 47.7 cm³/mol. The van der Waals surface area contributed by atoms with E-state index in [0.29, 0.717) is 0 Å². The maximum absolute atomic E-state index is 12.6. The van der Waals surface area contributed by atoms with E-state index in [-0.39, 0.29) is 3.57 Å². The van der Waals surface area contributed by atoms with Gasteiger partial charge in [-0.1, -0.05) is 0 Å². The highest BCUT2D eigenvalue weighted by atomic mass is 127. The van der Waals surface area contributed by atoms with Gasteiger partial charge in [-0.15, -0.1) is 0 Å². The van der Waals surface area contributed by atoms with Crippen molar-refractivity contribution in [1.82, 2.24) is 0 Å². The van der Waals surface area contributed by atoms with Gasteiger partial charge in [0.15, 0.2) is 0 Å². The van der Waals surface area contributed by atoms with Crippen molar-refractivity contribution in [2.24, 2.45) is 0 Å². The second-order valence-electron chi connectivity index (χ2n) is 2.09. The molecule has 3 nitrogen and oxygen atoms in total. The molecule has 0 aliphatic heterocycles. The molecule has 1 aromatic rings. The Morgan fingerprint density at radius 2 is 2.08 bits per heavy atom. The third-order valence-electron chi connectivity index (χ3n) is 1.26. The molecule has 1 aromatic carbocycles. The van der Waals surface area contributed by atoms with E-state index in [2.05, 4.69) is 0 Å². The lowest BCUT2D eigenvalue weighted by molar-refractivity contribution is 0.0693. The molecule has 0 bridgehead atoms. The van der Waals surface area contributed by atoms with Crippen LogP contribution in [-0.2, 0) is 0 Å². The van der Waals surface area contributed by atoms with Gasteiger partial charge >= 0.3 is 5.97 Å². The van der Waals surface area contributed by atoms with Crippen LogP contribution >= 0.6 is 22.6 Å². The number of carboxylic acids is 1. The molecule has 0 radical (unpaired) electrons. The number of rotatable bonds is 1. The van der Waals surface area contributed by atoms with E-state index in [0.717, 1.165) is 12.1 Å². The van der Waals surface area contributed by atoms with Gasteiger partial charge in [-0.2, -0.15) is 0 Å². The minimum absolute atomic E-state index is 0.185. The molecule has 0 aliphatic rings. The number of aromatic hydroxyl groups is 1. The quantitative estimate of drug-likeness (QED) is 0.773. The number of hydrogen-bond acceptors (Lipinski definition) is 2. The van der Waals surface area contributed by atoms with E-state index in [1.807, 2.05) is 0 Å². The van der Waals surface area contributed by atoms with Crippen molar-refractivity contribution < 1.29 is 19.4 Å². The van der Waals surface area contributed by atoms with Crippen LogP contribution in [0.2, 0.25) is 0 Å². The molecule has 0 aliphatic carbocycles. The fraction of sp³-hybridized carbons (Fsp3) is 0. The molecule has 0 saturated carbocycles. The molecule has 0 unspecified atom stereocenters. The first-order valence-electron chi connectivity index (χ1n) is 2.93. The number of hydrogen-bond donors (Lipinski definition) is 2. The van der Waals surface area contributed by atoms with Gasteiger partial charge in [-0.25, -0.2) is 9.18 Å². The summed E-state index contributed by atoms with van der Waals surface area (Å²) in [7, 11) is 0. The zero-order chi connectivity index (χ0) is 9.30. The van der Waals surface area contributed by atoms with Crippen LogP contribution < -0.4 is 0 Å². The summed E-state index contributed by atoms with van der Waals surface area (Å²) in [6.45, 7) is 0. The molecule has 0 aromatic heterocycles. The fourth-order valence-electron chi connectivity index (χ4n) is 0.729. The summed E-state index contributed by atoms with van der Waals surface area (Å²) in [5.41, 5.74) is -0.417. The van der Waals surface area contributed by atoms with Gasteiger partial charge in [0.1, 0.15) is 17.1 Å². The highest BCUT2D eigenvalue weighted by Gasteiger charge is 2.13. The third kappa shape index (κ3) is 1.66. The summed E-state index contributed by atoms with van der Waals surface area (Å²) in [5.74, 6) is -2.41. The first kappa shape index (κ1) is 9.24. The monoisotopic (exact) mass is 282 g/mol. The minimum Gasteiger partial charge on any atom is -0.506 e. The number of carbonyl (C=O) groups is 1. The molecule has 0 atom stereocenters. The summed E-state index contributed by atoms with van der Waals surface area (Å²) in [4.78, 5) is 10.4. The van der Waals surface area contributed by atoms with Crippen LogP contribution in [0.3, 0.4) is 0 Å². The van der Waals surface area contributed by atoms with E-state index in [4.69, 9.17) is 10.2 Å². The smallest absolute Gasteiger partial charge is 0.339 e. The average Bonchev–Trinajstić information content (AvgIpc) is 1.96. The minimum atomic E-state index is -1.34. The Hall–Kier alpha value is -0.850. The third-order valence-corrected chi connectivity index (χ3v) is 2.08. The summed E-state index contributed by atoms with van der Waals surface area (Å²) in [6.07, 6.45) is 0. The van der Waals surface area contributed by atoms with Gasteiger partial charge in [0.05, 0.1) is 3.57 Å². The van der Waals surface area contributed by atoms with E-state index in [1.165, 1.54) is 0 Å². The van der Waals surface area contributed by atoms with Crippen LogP contribution in [-0.4, -0.2) is 16.2 Å². The molecule has 0 fully saturated rings. The predicted octanol–water partition coefficient (Wildman–Crippen LogP) is 1.83. The first-order chi connectivity index (χ1) is 5.52. The Bertz CT molecular complexity index is 338. The number of phenols is 1. The van der Waals surface area contributed by atoms with Crippen molar-refractivity contribution in [2.45, 2.75) is 0 Å². The first-order valence-corrected chi connectivity index (χ1v) is 4.01. The number of aromatic carboxylic acids is 1. The highest BCUT2D eigenvalue weighted by Crippen LogP contribution is 2.25. The molecule has 1 rings (SSSR count). The van der Waals surface area contributed by atoms with Crippen molar-refractivity contribution in [3.63, 3.8) is 0 Å². The van der Waals surface area contributed by atoms with Crippen molar-refractivity contribution >= 4 is 28.6 Å². The maximum Gasteiger partial charge on any atom is 0.339 e. The fourth-order valence-corrected chi connectivity index (χ4v) is 1.32. The number of benzene rings is 1. The largest absolute Gasteiger partial charge is 0.506 e. The molecule has 12 heavy (non-hydrogen) atoms. The molecule has 5 heteroatoms. The Morgan fingerprint density at radius 1 is 1.50 bits per heavy atom. The van der Waals surface area contributed by atoms with Crippen molar-refractivity contribution in [3.8, 4) is 5.75 Å². The Balaban J connectivity index is 3.37. The molecule has 2 N–H and O–H groups in total. The lowest BCUT2D eigenvalue weighted by atomic mass is 10.2. The summed E-state index contributed by atoms with van der Waals surface area (Å²) < 4.78 is 12.8. The molecule has 0 saturated heterocycles. The normalized spacial score (nSPS) is 9.83. The second kappa shape index (κ2) is 3.26. The van der Waals surface area contributed by atoms with Gasteiger partial charge in [0, 0.05) is 0 Å². The number of halogens is 2. The SMILES string of the molecule is O=C(O)c1cc(F)cc(I)c1O. The van der Waals surface area contributed by atoms with Gasteiger partial charge in [-0.3, -0.25) is 0 Å². The van der Waals surface area contributed by atoms with E-state index >= 15 is 0 Å². The van der Waals surface area contributed by atoms with Crippen molar-refractivity contribution in [1.29, 1.82) is 0 Å². The van der Waals surface area contributed by atoms with Crippen LogP contribution in [0.1, 0.15) is 10.4 Å². The van der Waals surface area contributed by atoms with Crippen LogP contribution in [0.5, 0.6) is 5.75 Å². The van der Waals surface area contributed by atoms with Crippen LogP contribution in [0.25, 0.3) is 0 Å². The van der Waals surface area contributed by atoms with Gasteiger partial charge in [0.2, 0.25) is 0 Å². The maximum atomic E-state index is 12.6. The van der Waals surface area contributed by atoms with Crippen molar-refractivity contribution in [2.75, 3.05) is 0 Å². The van der Waals surface area contributed by atoms with E-state index < -0.39 is 23.1 Å². The Morgan fingerprint density at radius 3 is 2.58 bits per heavy atom. The molecular formula is C7H4FIO3. The zero-order valence-corrected chi connectivity index (χ0v) is 7.87.